The van der Waals surface area contributed by atoms with Crippen molar-refractivity contribution < 1.29 is 14.4 Å². The van der Waals surface area contributed by atoms with Gasteiger partial charge in [-0.2, -0.15) is 0 Å². The number of benzene rings is 2. The van der Waals surface area contributed by atoms with Crippen molar-refractivity contribution >= 4 is 29.1 Å². The van der Waals surface area contributed by atoms with E-state index >= 15 is 0 Å². The van der Waals surface area contributed by atoms with Gasteiger partial charge in [-0.15, -0.1) is 0 Å². The second kappa shape index (κ2) is 7.92. The van der Waals surface area contributed by atoms with Gasteiger partial charge in [0, 0.05) is 37.3 Å². The molecule has 0 fully saturated rings. The molecule has 0 spiro atoms. The quantitative estimate of drug-likeness (QED) is 0.789. The van der Waals surface area contributed by atoms with Crippen LogP contribution in [0.25, 0.3) is 0 Å². The van der Waals surface area contributed by atoms with Crippen molar-refractivity contribution in [3.8, 4) is 0 Å². The van der Waals surface area contributed by atoms with Crippen molar-refractivity contribution in [2.45, 2.75) is 20.4 Å². The third-order valence-corrected chi connectivity index (χ3v) is 3.17. The maximum absolute atomic E-state index is 12.2. The molecule has 0 aliphatic rings. The second-order valence-corrected chi connectivity index (χ2v) is 5.32. The van der Waals surface area contributed by atoms with Gasteiger partial charge in [0.1, 0.15) is 0 Å². The lowest BCUT2D eigenvalue weighted by molar-refractivity contribution is -0.115. The van der Waals surface area contributed by atoms with Crippen LogP contribution in [0.2, 0.25) is 0 Å². The normalized spacial score (nSPS) is 9.92. The fourth-order valence-electron chi connectivity index (χ4n) is 2.14. The van der Waals surface area contributed by atoms with Crippen LogP contribution in [-0.2, 0) is 16.1 Å². The molecule has 0 aromatic heterocycles. The first-order valence-electron chi connectivity index (χ1n) is 7.46. The van der Waals surface area contributed by atoms with E-state index in [0.29, 0.717) is 23.5 Å². The lowest BCUT2D eigenvalue weighted by atomic mass is 10.1. The SMILES string of the molecule is CC(=O)Nc1ccc(CNC(=O)c2cccc(NC(C)=O)c2)cc1. The molecule has 0 aliphatic carbocycles. The molecule has 124 valence electrons. The molecule has 3 N–H and O–H groups in total. The highest BCUT2D eigenvalue weighted by atomic mass is 16.2. The van der Waals surface area contributed by atoms with Crippen LogP contribution in [0, 0.1) is 0 Å². The summed E-state index contributed by atoms with van der Waals surface area (Å²) in [6.07, 6.45) is 0. The van der Waals surface area contributed by atoms with Crippen molar-refractivity contribution in [3.63, 3.8) is 0 Å². The van der Waals surface area contributed by atoms with Crippen LogP contribution in [0.4, 0.5) is 11.4 Å². The molecule has 0 saturated carbocycles. The Morgan fingerprint density at radius 3 is 2.08 bits per heavy atom. The minimum absolute atomic E-state index is 0.130. The van der Waals surface area contributed by atoms with E-state index in [1.54, 1.807) is 36.4 Å². The highest BCUT2D eigenvalue weighted by Gasteiger charge is 2.07. The summed E-state index contributed by atoms with van der Waals surface area (Å²) in [6, 6.07) is 14.0. The van der Waals surface area contributed by atoms with Gasteiger partial charge in [-0.1, -0.05) is 18.2 Å². The minimum atomic E-state index is -0.229. The molecule has 2 aromatic carbocycles. The topological polar surface area (TPSA) is 87.3 Å². The number of rotatable bonds is 5. The van der Waals surface area contributed by atoms with E-state index in [0.717, 1.165) is 5.56 Å². The van der Waals surface area contributed by atoms with Gasteiger partial charge in [0.15, 0.2) is 0 Å². The summed E-state index contributed by atoms with van der Waals surface area (Å²) in [5, 5.41) is 8.14. The van der Waals surface area contributed by atoms with E-state index in [9.17, 15) is 14.4 Å². The minimum Gasteiger partial charge on any atom is -0.348 e. The Hall–Kier alpha value is -3.15. The summed E-state index contributed by atoms with van der Waals surface area (Å²) in [6.45, 7) is 3.23. The van der Waals surface area contributed by atoms with Crippen molar-refractivity contribution in [2.24, 2.45) is 0 Å². The standard InChI is InChI=1S/C18H19N3O3/c1-12(22)20-16-8-6-14(7-9-16)11-19-18(24)15-4-3-5-17(10-15)21-13(2)23/h3-10H,11H2,1-2H3,(H,19,24)(H,20,22)(H,21,23). The van der Waals surface area contributed by atoms with Crippen LogP contribution in [0.3, 0.4) is 0 Å². The van der Waals surface area contributed by atoms with Gasteiger partial charge in [0.2, 0.25) is 11.8 Å². The van der Waals surface area contributed by atoms with Gasteiger partial charge in [-0.05, 0) is 35.9 Å². The van der Waals surface area contributed by atoms with Gasteiger partial charge in [0.05, 0.1) is 0 Å². The first-order chi connectivity index (χ1) is 11.4. The van der Waals surface area contributed by atoms with Crippen LogP contribution in [0.1, 0.15) is 29.8 Å². The molecular weight excluding hydrogens is 306 g/mol. The average molecular weight is 325 g/mol. The second-order valence-electron chi connectivity index (χ2n) is 5.32. The van der Waals surface area contributed by atoms with Gasteiger partial charge in [0.25, 0.3) is 5.91 Å². The lowest BCUT2D eigenvalue weighted by Gasteiger charge is -2.08. The van der Waals surface area contributed by atoms with Gasteiger partial charge in [-0.3, -0.25) is 14.4 Å². The van der Waals surface area contributed by atoms with Crippen molar-refractivity contribution in [2.75, 3.05) is 10.6 Å². The fourth-order valence-corrected chi connectivity index (χ4v) is 2.14. The number of carbonyl (C=O) groups excluding carboxylic acids is 3. The number of amides is 3. The summed E-state index contributed by atoms with van der Waals surface area (Å²) in [7, 11) is 0. The Kier molecular flexibility index (Phi) is 5.68. The Morgan fingerprint density at radius 1 is 0.833 bits per heavy atom. The van der Waals surface area contributed by atoms with E-state index in [4.69, 9.17) is 0 Å². The number of hydrogen-bond donors (Lipinski definition) is 3. The first-order valence-corrected chi connectivity index (χ1v) is 7.46. The number of nitrogens with one attached hydrogen (secondary N) is 3. The third-order valence-electron chi connectivity index (χ3n) is 3.17. The Labute approximate surface area is 140 Å². The molecule has 6 heteroatoms. The van der Waals surface area contributed by atoms with Crippen LogP contribution in [0.15, 0.2) is 48.5 Å². The van der Waals surface area contributed by atoms with Gasteiger partial charge < -0.3 is 16.0 Å². The summed E-state index contributed by atoms with van der Waals surface area (Å²) >= 11 is 0. The molecule has 0 unspecified atom stereocenters. The molecule has 2 rings (SSSR count). The molecule has 0 saturated heterocycles. The maximum atomic E-state index is 12.2. The van der Waals surface area contributed by atoms with Gasteiger partial charge >= 0.3 is 0 Å². The van der Waals surface area contributed by atoms with Crippen LogP contribution < -0.4 is 16.0 Å². The summed E-state index contributed by atoms with van der Waals surface area (Å²) in [4.78, 5) is 34.2. The molecule has 0 aliphatic heterocycles. The zero-order chi connectivity index (χ0) is 17.5. The van der Waals surface area contributed by atoms with E-state index < -0.39 is 0 Å². The van der Waals surface area contributed by atoms with E-state index in [2.05, 4.69) is 16.0 Å². The molecule has 2 aromatic rings. The largest absolute Gasteiger partial charge is 0.348 e. The van der Waals surface area contributed by atoms with Crippen LogP contribution in [-0.4, -0.2) is 17.7 Å². The molecule has 0 atom stereocenters. The predicted octanol–water partition coefficient (Wildman–Crippen LogP) is 2.53. The molecule has 24 heavy (non-hydrogen) atoms. The first kappa shape index (κ1) is 17.2. The van der Waals surface area contributed by atoms with Crippen molar-refractivity contribution in [1.82, 2.24) is 5.32 Å². The number of carbonyl (C=O) groups is 3. The summed E-state index contributed by atoms with van der Waals surface area (Å²) < 4.78 is 0. The summed E-state index contributed by atoms with van der Waals surface area (Å²) in [5.41, 5.74) is 2.67. The smallest absolute Gasteiger partial charge is 0.251 e. The fraction of sp³-hybridized carbons (Fsp3) is 0.167. The zero-order valence-electron chi connectivity index (χ0n) is 13.6. The molecule has 6 nitrogen and oxygen atoms in total. The van der Waals surface area contributed by atoms with E-state index in [-0.39, 0.29) is 17.7 Å². The number of hydrogen-bond acceptors (Lipinski definition) is 3. The monoisotopic (exact) mass is 325 g/mol. The maximum Gasteiger partial charge on any atom is 0.251 e. The molecule has 0 bridgehead atoms. The van der Waals surface area contributed by atoms with Crippen molar-refractivity contribution in [1.29, 1.82) is 0 Å². The van der Waals surface area contributed by atoms with Crippen LogP contribution in [0.5, 0.6) is 0 Å². The van der Waals surface area contributed by atoms with E-state index in [1.807, 2.05) is 12.1 Å². The predicted molar refractivity (Wildman–Crippen MR) is 92.7 cm³/mol. The van der Waals surface area contributed by atoms with Gasteiger partial charge in [-0.25, -0.2) is 0 Å². The Bertz CT molecular complexity index is 754. The Balaban J connectivity index is 1.95. The highest BCUT2D eigenvalue weighted by molar-refractivity contribution is 5.96. The van der Waals surface area contributed by atoms with Crippen molar-refractivity contribution in [3.05, 3.63) is 59.7 Å². The highest BCUT2D eigenvalue weighted by Crippen LogP contribution is 2.12. The zero-order valence-corrected chi connectivity index (χ0v) is 13.6. The average Bonchev–Trinajstić information content (AvgIpc) is 2.53. The lowest BCUT2D eigenvalue weighted by Crippen LogP contribution is -2.23. The molecule has 3 amide bonds. The Morgan fingerprint density at radius 2 is 1.46 bits per heavy atom. The molecule has 0 radical (unpaired) electrons. The summed E-state index contributed by atoms with van der Waals surface area (Å²) in [5.74, 6) is -0.546. The molecule has 0 heterocycles. The van der Waals surface area contributed by atoms with E-state index in [1.165, 1.54) is 13.8 Å². The third kappa shape index (κ3) is 5.24. The molecular formula is C18H19N3O3. The number of anilines is 2. The van der Waals surface area contributed by atoms with Crippen LogP contribution >= 0.6 is 0 Å².